The fourth-order valence-electron chi connectivity index (χ4n) is 2.41. The highest BCUT2D eigenvalue weighted by Gasteiger charge is 2.24. The minimum atomic E-state index is -0.482. The molecule has 0 fully saturated rings. The molecule has 0 aliphatic heterocycles. The lowest BCUT2D eigenvalue weighted by molar-refractivity contribution is -0.119. The van der Waals surface area contributed by atoms with Crippen LogP contribution in [0.5, 0.6) is 0 Å². The molecule has 1 amide bonds. The van der Waals surface area contributed by atoms with E-state index in [-0.39, 0.29) is 23.6 Å². The lowest BCUT2D eigenvalue weighted by Crippen LogP contribution is -2.26. The van der Waals surface area contributed by atoms with E-state index in [1.54, 1.807) is 11.8 Å². The van der Waals surface area contributed by atoms with Crippen molar-refractivity contribution in [3.05, 3.63) is 35.1 Å². The third-order valence-corrected chi connectivity index (χ3v) is 5.59. The summed E-state index contributed by atoms with van der Waals surface area (Å²) in [6.45, 7) is 3.96. The first-order valence-corrected chi connectivity index (χ1v) is 10.2. The number of methoxy groups -OCH3 is 1. The Labute approximate surface area is 156 Å². The molecule has 25 heavy (non-hydrogen) atoms. The number of anilines is 1. The van der Waals surface area contributed by atoms with Gasteiger partial charge in [0.1, 0.15) is 6.04 Å². The number of thioether (sulfide) groups is 1. The lowest BCUT2D eigenvalue weighted by Gasteiger charge is -2.17. The number of hydrogen-bond acceptors (Lipinski definition) is 6. The molecule has 0 radical (unpaired) electrons. The summed E-state index contributed by atoms with van der Waals surface area (Å²) < 4.78 is 6.68. The number of rotatable bonds is 8. The quantitative estimate of drug-likeness (QED) is 0.704. The Morgan fingerprint density at radius 3 is 2.60 bits per heavy atom. The molecule has 0 aliphatic carbocycles. The Morgan fingerprint density at radius 2 is 2.04 bits per heavy atom. The second kappa shape index (κ2) is 9.05. The monoisotopic (exact) mass is 381 g/mol. The van der Waals surface area contributed by atoms with E-state index in [4.69, 9.17) is 4.74 Å². The Kier molecular flexibility index (Phi) is 7.07. The van der Waals surface area contributed by atoms with Gasteiger partial charge in [-0.15, -0.1) is 11.3 Å². The normalized spacial score (nSPS) is 12.2. The van der Waals surface area contributed by atoms with Crippen LogP contribution in [0, 0.1) is 0 Å². The number of amides is 1. The van der Waals surface area contributed by atoms with E-state index in [2.05, 4.69) is 10.3 Å². The highest BCUT2D eigenvalue weighted by atomic mass is 32.2. The Balaban J connectivity index is 2.21. The van der Waals surface area contributed by atoms with Crippen LogP contribution < -0.4 is 5.32 Å². The molecular formula is C17H23N3O3S2. The number of carbonyl (C=O) groups excluding carboxylic acids is 2. The van der Waals surface area contributed by atoms with Gasteiger partial charge in [0, 0.05) is 17.3 Å². The van der Waals surface area contributed by atoms with Crippen molar-refractivity contribution in [3.8, 4) is 0 Å². The highest BCUT2D eigenvalue weighted by Crippen LogP contribution is 2.31. The second-order valence-electron chi connectivity index (χ2n) is 5.79. The van der Waals surface area contributed by atoms with Gasteiger partial charge in [-0.1, -0.05) is 13.8 Å². The van der Waals surface area contributed by atoms with Gasteiger partial charge in [-0.25, -0.2) is 9.78 Å². The van der Waals surface area contributed by atoms with Crippen molar-refractivity contribution >= 4 is 40.1 Å². The van der Waals surface area contributed by atoms with Crippen molar-refractivity contribution in [1.29, 1.82) is 0 Å². The average Bonchev–Trinajstić information content (AvgIpc) is 3.24. The molecule has 8 heteroatoms. The van der Waals surface area contributed by atoms with Crippen molar-refractivity contribution in [2.45, 2.75) is 32.2 Å². The zero-order chi connectivity index (χ0) is 18.4. The predicted molar refractivity (Wildman–Crippen MR) is 103 cm³/mol. The minimum Gasteiger partial charge on any atom is -0.464 e. The standard InChI is InChI=1S/C17H23N3O3S2/c1-11(2)14-13(16(22)23-3)18-17(25-14)19-15(21)12(7-10-24-4)20-8-5-6-9-20/h5-6,8-9,11-12H,7,10H2,1-4H3,(H,18,19,21)/t12-/m0/s1. The summed E-state index contributed by atoms with van der Waals surface area (Å²) in [6.07, 6.45) is 6.49. The lowest BCUT2D eigenvalue weighted by atomic mass is 10.1. The van der Waals surface area contributed by atoms with Crippen LogP contribution in [0.2, 0.25) is 0 Å². The summed E-state index contributed by atoms with van der Waals surface area (Å²) in [4.78, 5) is 29.8. The maximum Gasteiger partial charge on any atom is 0.357 e. The first-order valence-electron chi connectivity index (χ1n) is 7.99. The van der Waals surface area contributed by atoms with Gasteiger partial charge in [0.05, 0.1) is 7.11 Å². The molecule has 6 nitrogen and oxygen atoms in total. The van der Waals surface area contributed by atoms with Crippen molar-refractivity contribution < 1.29 is 14.3 Å². The topological polar surface area (TPSA) is 73.2 Å². The maximum absolute atomic E-state index is 12.8. The molecule has 0 bridgehead atoms. The van der Waals surface area contributed by atoms with Gasteiger partial charge in [-0.2, -0.15) is 11.8 Å². The van der Waals surface area contributed by atoms with Gasteiger partial charge in [0.25, 0.3) is 0 Å². The second-order valence-corrected chi connectivity index (χ2v) is 7.81. The van der Waals surface area contributed by atoms with Gasteiger partial charge >= 0.3 is 5.97 Å². The molecule has 1 N–H and O–H groups in total. The Morgan fingerprint density at radius 1 is 1.36 bits per heavy atom. The maximum atomic E-state index is 12.8. The molecule has 136 valence electrons. The van der Waals surface area contributed by atoms with Crippen LogP contribution in [0.1, 0.15) is 47.6 Å². The highest BCUT2D eigenvalue weighted by molar-refractivity contribution is 7.98. The third-order valence-electron chi connectivity index (χ3n) is 3.67. The molecule has 2 aromatic heterocycles. The predicted octanol–water partition coefficient (Wildman–Crippen LogP) is 3.79. The van der Waals surface area contributed by atoms with Crippen molar-refractivity contribution in [3.63, 3.8) is 0 Å². The van der Waals surface area contributed by atoms with Crippen LogP contribution in [0.25, 0.3) is 0 Å². The SMILES string of the molecule is COC(=O)c1nc(NC(=O)[C@H](CCSC)n2cccc2)sc1C(C)C. The van der Waals surface area contributed by atoms with E-state index >= 15 is 0 Å². The van der Waals surface area contributed by atoms with Gasteiger partial charge < -0.3 is 14.6 Å². The van der Waals surface area contributed by atoms with Crippen LogP contribution in [0.4, 0.5) is 5.13 Å². The van der Waals surface area contributed by atoms with Crippen LogP contribution in [0.15, 0.2) is 24.5 Å². The number of thiazole rings is 1. The number of aromatic nitrogens is 2. The number of nitrogens with one attached hydrogen (secondary N) is 1. The van der Waals surface area contributed by atoms with Crippen molar-refractivity contribution in [1.82, 2.24) is 9.55 Å². The molecule has 0 saturated carbocycles. The Bertz CT molecular complexity index is 711. The summed E-state index contributed by atoms with van der Waals surface area (Å²) in [7, 11) is 1.33. The van der Waals surface area contributed by atoms with Crippen LogP contribution in [-0.4, -0.2) is 40.5 Å². The molecule has 1 atom stereocenters. The number of hydrogen-bond donors (Lipinski definition) is 1. The molecule has 2 aromatic rings. The van der Waals surface area contributed by atoms with E-state index in [9.17, 15) is 9.59 Å². The van der Waals surface area contributed by atoms with Gasteiger partial charge in [-0.05, 0) is 36.5 Å². The molecule has 0 saturated heterocycles. The smallest absolute Gasteiger partial charge is 0.357 e. The molecular weight excluding hydrogens is 358 g/mol. The van der Waals surface area contributed by atoms with Gasteiger partial charge in [-0.3, -0.25) is 4.79 Å². The molecule has 0 aliphatic rings. The van der Waals surface area contributed by atoms with E-state index in [0.29, 0.717) is 11.6 Å². The van der Waals surface area contributed by atoms with Crippen molar-refractivity contribution in [2.75, 3.05) is 24.4 Å². The molecule has 2 heterocycles. The summed E-state index contributed by atoms with van der Waals surface area (Å²) in [5.41, 5.74) is 0.277. The zero-order valence-corrected chi connectivity index (χ0v) is 16.4. The number of ether oxygens (including phenoxy) is 1. The number of carbonyl (C=O) groups is 2. The summed E-state index contributed by atoms with van der Waals surface area (Å²) in [6, 6.07) is 3.49. The van der Waals surface area contributed by atoms with Crippen molar-refractivity contribution in [2.24, 2.45) is 0 Å². The average molecular weight is 382 g/mol. The molecule has 0 aromatic carbocycles. The van der Waals surface area contributed by atoms with Crippen LogP contribution in [-0.2, 0) is 9.53 Å². The van der Waals surface area contributed by atoms with Crippen LogP contribution in [0.3, 0.4) is 0 Å². The fourth-order valence-corrected chi connectivity index (χ4v) is 3.83. The summed E-state index contributed by atoms with van der Waals surface area (Å²) >= 11 is 3.02. The Hall–Kier alpha value is -1.80. The fraction of sp³-hybridized carbons (Fsp3) is 0.471. The van der Waals surface area contributed by atoms with E-state index in [1.807, 2.05) is 49.2 Å². The minimum absolute atomic E-state index is 0.119. The van der Waals surface area contributed by atoms with E-state index in [0.717, 1.165) is 10.6 Å². The first kappa shape index (κ1) is 19.5. The number of nitrogens with zero attached hydrogens (tertiary/aromatic N) is 2. The van der Waals surface area contributed by atoms with Gasteiger partial charge in [0.2, 0.25) is 5.91 Å². The largest absolute Gasteiger partial charge is 0.464 e. The molecule has 0 spiro atoms. The van der Waals surface area contributed by atoms with Crippen LogP contribution >= 0.6 is 23.1 Å². The first-order chi connectivity index (χ1) is 12.0. The molecule has 0 unspecified atom stereocenters. The summed E-state index contributed by atoms with van der Waals surface area (Å²) in [5.74, 6) is 0.378. The summed E-state index contributed by atoms with van der Waals surface area (Å²) in [5, 5.41) is 3.29. The van der Waals surface area contributed by atoms with Gasteiger partial charge in [0.15, 0.2) is 10.8 Å². The zero-order valence-electron chi connectivity index (χ0n) is 14.8. The molecule has 2 rings (SSSR count). The van der Waals surface area contributed by atoms with E-state index < -0.39 is 5.97 Å². The number of esters is 1. The van der Waals surface area contributed by atoms with E-state index in [1.165, 1.54) is 18.4 Å². The third kappa shape index (κ3) is 4.85.